The monoisotopic (exact) mass is 551 g/mol. The van der Waals surface area contributed by atoms with Crippen LogP contribution in [0.5, 0.6) is 11.5 Å². The van der Waals surface area contributed by atoms with Gasteiger partial charge >= 0.3 is 0 Å². The predicted octanol–water partition coefficient (Wildman–Crippen LogP) is 4.62. The van der Waals surface area contributed by atoms with Gasteiger partial charge < -0.3 is 15.0 Å². The maximum absolute atomic E-state index is 13.6. The highest BCUT2D eigenvalue weighted by Gasteiger charge is 2.31. The van der Waals surface area contributed by atoms with E-state index in [9.17, 15) is 18.0 Å². The van der Waals surface area contributed by atoms with Crippen molar-refractivity contribution in [3.05, 3.63) is 90.5 Å². The molecule has 2 amide bonds. The molecule has 0 aliphatic rings. The van der Waals surface area contributed by atoms with Crippen LogP contribution in [0.25, 0.3) is 0 Å². The van der Waals surface area contributed by atoms with Crippen molar-refractivity contribution in [2.45, 2.75) is 45.7 Å². The minimum atomic E-state index is -3.82. The van der Waals surface area contributed by atoms with Crippen LogP contribution in [0.2, 0.25) is 0 Å². The first-order valence-corrected chi connectivity index (χ1v) is 14.6. The number of hydrogen-bond donors (Lipinski definition) is 1. The SMILES string of the molecule is C[C@@H](C(=O)NC(C)(C)C)N(CCc1ccccc1)C(=O)CN(c1ccc(Oc2ccccc2)cc1)S(C)(=O)=O. The molecule has 0 heterocycles. The third kappa shape index (κ3) is 9.14. The van der Waals surface area contributed by atoms with Crippen LogP contribution in [-0.2, 0) is 26.0 Å². The van der Waals surface area contributed by atoms with Crippen LogP contribution in [-0.4, -0.2) is 56.1 Å². The van der Waals surface area contributed by atoms with Gasteiger partial charge in [-0.1, -0.05) is 48.5 Å². The fourth-order valence-electron chi connectivity index (χ4n) is 3.96. The van der Waals surface area contributed by atoms with Gasteiger partial charge in [0.05, 0.1) is 11.9 Å². The molecule has 8 nitrogen and oxygen atoms in total. The van der Waals surface area contributed by atoms with Gasteiger partial charge in [-0.25, -0.2) is 8.42 Å². The van der Waals surface area contributed by atoms with E-state index in [-0.39, 0.29) is 12.5 Å². The van der Waals surface area contributed by atoms with Crippen LogP contribution in [0.1, 0.15) is 33.3 Å². The zero-order valence-electron chi connectivity index (χ0n) is 23.1. The number of nitrogens with zero attached hydrogens (tertiary/aromatic N) is 2. The Morgan fingerprint density at radius 1 is 0.872 bits per heavy atom. The Labute approximate surface area is 231 Å². The number of anilines is 1. The van der Waals surface area contributed by atoms with Crippen molar-refractivity contribution >= 4 is 27.5 Å². The quantitative estimate of drug-likeness (QED) is 0.375. The third-order valence-electron chi connectivity index (χ3n) is 5.93. The lowest BCUT2D eigenvalue weighted by atomic mass is 10.1. The first-order valence-electron chi connectivity index (χ1n) is 12.8. The molecule has 3 rings (SSSR count). The van der Waals surface area contributed by atoms with Crippen molar-refractivity contribution in [3.8, 4) is 11.5 Å². The van der Waals surface area contributed by atoms with Crippen molar-refractivity contribution in [3.63, 3.8) is 0 Å². The summed E-state index contributed by atoms with van der Waals surface area (Å²) >= 11 is 0. The van der Waals surface area contributed by atoms with Gasteiger partial charge in [0.1, 0.15) is 24.1 Å². The molecule has 0 saturated carbocycles. The molecule has 3 aromatic carbocycles. The zero-order valence-corrected chi connectivity index (χ0v) is 23.9. The Kier molecular flexibility index (Phi) is 9.75. The number of hydrogen-bond acceptors (Lipinski definition) is 5. The maximum atomic E-state index is 13.6. The predicted molar refractivity (Wildman–Crippen MR) is 154 cm³/mol. The lowest BCUT2D eigenvalue weighted by molar-refractivity contribution is -0.139. The smallest absolute Gasteiger partial charge is 0.244 e. The molecule has 1 atom stereocenters. The van der Waals surface area contributed by atoms with E-state index in [1.54, 1.807) is 31.2 Å². The number of sulfonamides is 1. The molecule has 1 N–H and O–H groups in total. The van der Waals surface area contributed by atoms with Crippen LogP contribution >= 0.6 is 0 Å². The zero-order chi connectivity index (χ0) is 28.6. The fourth-order valence-corrected chi connectivity index (χ4v) is 4.81. The van der Waals surface area contributed by atoms with Crippen molar-refractivity contribution in [1.82, 2.24) is 10.2 Å². The van der Waals surface area contributed by atoms with E-state index in [1.807, 2.05) is 81.4 Å². The summed E-state index contributed by atoms with van der Waals surface area (Å²) in [4.78, 5) is 28.1. The van der Waals surface area contributed by atoms with E-state index in [2.05, 4.69) is 5.32 Å². The Hall–Kier alpha value is -3.85. The van der Waals surface area contributed by atoms with Gasteiger partial charge in [0, 0.05) is 12.1 Å². The van der Waals surface area contributed by atoms with E-state index in [0.29, 0.717) is 23.6 Å². The minimum Gasteiger partial charge on any atom is -0.457 e. The highest BCUT2D eigenvalue weighted by molar-refractivity contribution is 7.92. The van der Waals surface area contributed by atoms with E-state index in [4.69, 9.17) is 4.74 Å². The molecule has 39 heavy (non-hydrogen) atoms. The number of para-hydroxylation sites is 1. The number of amides is 2. The molecule has 0 spiro atoms. The standard InChI is InChI=1S/C30H37N3O5S/c1-23(29(35)31-30(2,3)4)32(21-20-24-12-8-6-9-13-24)28(34)22-33(39(5,36)37)25-16-18-27(19-17-25)38-26-14-10-7-11-15-26/h6-19,23H,20-22H2,1-5H3,(H,31,35)/t23-/m0/s1. The van der Waals surface area contributed by atoms with Gasteiger partial charge in [-0.2, -0.15) is 0 Å². The van der Waals surface area contributed by atoms with Crippen molar-refractivity contribution in [2.75, 3.05) is 23.7 Å². The summed E-state index contributed by atoms with van der Waals surface area (Å²) in [5.41, 5.74) is 0.843. The summed E-state index contributed by atoms with van der Waals surface area (Å²) < 4.78 is 32.4. The summed E-state index contributed by atoms with van der Waals surface area (Å²) in [6.07, 6.45) is 1.57. The van der Waals surface area contributed by atoms with Crippen LogP contribution < -0.4 is 14.4 Å². The van der Waals surface area contributed by atoms with E-state index in [0.717, 1.165) is 16.1 Å². The second kappa shape index (κ2) is 12.8. The molecule has 3 aromatic rings. The highest BCUT2D eigenvalue weighted by Crippen LogP contribution is 2.26. The molecule has 0 saturated heterocycles. The molecule has 0 fully saturated rings. The lowest BCUT2D eigenvalue weighted by Gasteiger charge is -2.33. The normalized spacial score (nSPS) is 12.3. The Morgan fingerprint density at radius 2 is 1.41 bits per heavy atom. The van der Waals surface area contributed by atoms with Gasteiger partial charge in [0.15, 0.2) is 0 Å². The van der Waals surface area contributed by atoms with Crippen molar-refractivity contribution in [2.24, 2.45) is 0 Å². The van der Waals surface area contributed by atoms with Gasteiger partial charge in [0.2, 0.25) is 21.8 Å². The maximum Gasteiger partial charge on any atom is 0.244 e. The summed E-state index contributed by atoms with van der Waals surface area (Å²) in [6.45, 7) is 7.06. The first-order chi connectivity index (χ1) is 18.3. The first kappa shape index (κ1) is 29.7. The van der Waals surface area contributed by atoms with Crippen LogP contribution in [0.15, 0.2) is 84.9 Å². The molecule has 0 aliphatic heterocycles. The lowest BCUT2D eigenvalue weighted by Crippen LogP contribution is -2.55. The second-order valence-electron chi connectivity index (χ2n) is 10.4. The molecule has 0 bridgehead atoms. The van der Waals surface area contributed by atoms with Gasteiger partial charge in [-0.05, 0) is 76.1 Å². The summed E-state index contributed by atoms with van der Waals surface area (Å²) in [7, 11) is -3.82. The number of carbonyl (C=O) groups is 2. The number of ether oxygens (including phenoxy) is 1. The fraction of sp³-hybridized carbons (Fsp3) is 0.333. The van der Waals surface area contributed by atoms with Crippen molar-refractivity contribution in [1.29, 1.82) is 0 Å². The molecule has 208 valence electrons. The average Bonchev–Trinajstić information content (AvgIpc) is 2.87. The average molecular weight is 552 g/mol. The third-order valence-corrected chi connectivity index (χ3v) is 7.07. The Bertz CT molecular complexity index is 1340. The van der Waals surface area contributed by atoms with E-state index in [1.165, 1.54) is 4.90 Å². The van der Waals surface area contributed by atoms with Crippen molar-refractivity contribution < 1.29 is 22.7 Å². The van der Waals surface area contributed by atoms with Crippen LogP contribution in [0, 0.1) is 0 Å². The molecule has 0 aromatic heterocycles. The van der Waals surface area contributed by atoms with E-state index >= 15 is 0 Å². The molecule has 0 unspecified atom stereocenters. The summed E-state index contributed by atoms with van der Waals surface area (Å²) in [6, 6.07) is 24.5. The van der Waals surface area contributed by atoms with Gasteiger partial charge in [-0.15, -0.1) is 0 Å². The number of rotatable bonds is 11. The second-order valence-corrected chi connectivity index (χ2v) is 12.3. The molecular weight excluding hydrogens is 514 g/mol. The minimum absolute atomic E-state index is 0.253. The summed E-state index contributed by atoms with van der Waals surface area (Å²) in [5, 5.41) is 2.92. The van der Waals surface area contributed by atoms with Crippen LogP contribution in [0.3, 0.4) is 0 Å². The molecular formula is C30H37N3O5S. The number of carbonyl (C=O) groups excluding carboxylic acids is 2. The van der Waals surface area contributed by atoms with Gasteiger partial charge in [-0.3, -0.25) is 13.9 Å². The largest absolute Gasteiger partial charge is 0.457 e. The Morgan fingerprint density at radius 3 is 1.95 bits per heavy atom. The Balaban J connectivity index is 1.82. The number of nitrogens with one attached hydrogen (secondary N) is 1. The highest BCUT2D eigenvalue weighted by atomic mass is 32.2. The van der Waals surface area contributed by atoms with Gasteiger partial charge in [0.25, 0.3) is 0 Å². The van der Waals surface area contributed by atoms with Crippen LogP contribution in [0.4, 0.5) is 5.69 Å². The molecule has 9 heteroatoms. The molecule has 0 radical (unpaired) electrons. The summed E-state index contributed by atoms with van der Waals surface area (Å²) in [5.74, 6) is 0.397. The van der Waals surface area contributed by atoms with E-state index < -0.39 is 34.1 Å². The topological polar surface area (TPSA) is 96.0 Å². The molecule has 0 aliphatic carbocycles. The number of benzene rings is 3.